The van der Waals surface area contributed by atoms with Crippen LogP contribution in [0.2, 0.25) is 0 Å². The van der Waals surface area contributed by atoms with Crippen molar-refractivity contribution in [3.05, 3.63) is 0 Å². The van der Waals surface area contributed by atoms with E-state index >= 15 is 0 Å². The van der Waals surface area contributed by atoms with Crippen LogP contribution < -0.4 is 0 Å². The maximum Gasteiger partial charge on any atom is 0.146 e. The first-order valence-corrected chi connectivity index (χ1v) is 9.58. The van der Waals surface area contributed by atoms with Gasteiger partial charge in [-0.1, -0.05) is 0 Å². The van der Waals surface area contributed by atoms with Gasteiger partial charge in [-0.05, 0) is 11.7 Å². The highest BCUT2D eigenvalue weighted by Gasteiger charge is 2.25. The average molecular weight is 258 g/mol. The summed E-state index contributed by atoms with van der Waals surface area (Å²) in [5.41, 5.74) is 0. The van der Waals surface area contributed by atoms with Crippen LogP contribution in [0, 0.1) is 5.92 Å². The highest BCUT2D eigenvalue weighted by Crippen LogP contribution is 2.25. The standard InChI is InChI=1S/C5H20B12OS/c6-7-8-9-10-11-12-13-14-15-16-17-19-3-4-1-5(18)2-4/h4,7-17H,1-3,6H2. The molecule has 0 amide bonds. The fourth-order valence-corrected chi connectivity index (χ4v) is 3.79. The molecule has 1 nitrogen and oxygen atoms in total. The Morgan fingerprint density at radius 3 is 2.00 bits per heavy atom. The molecule has 1 aliphatic rings. The molecule has 0 bridgehead atoms. The molecule has 0 aliphatic heterocycles. The van der Waals surface area contributed by atoms with Gasteiger partial charge in [-0.2, -0.15) is 0 Å². The number of ketones is 1. The van der Waals surface area contributed by atoms with Gasteiger partial charge in [0, 0.05) is 76.4 Å². The second kappa shape index (κ2) is 12.5. The van der Waals surface area contributed by atoms with E-state index in [1.54, 1.807) is 0 Å². The Morgan fingerprint density at radius 1 is 0.947 bits per heavy atom. The van der Waals surface area contributed by atoms with Crippen molar-refractivity contribution < 1.29 is 4.79 Å². The minimum Gasteiger partial charge on any atom is -0.300 e. The molecule has 0 heterocycles. The highest BCUT2D eigenvalue weighted by atomic mass is 32.2. The molecule has 1 rings (SSSR count). The lowest BCUT2D eigenvalue weighted by molar-refractivity contribution is -0.126. The largest absolute Gasteiger partial charge is 0.300 e. The number of carbonyl (C=O) groups is 1. The molecule has 0 saturated heterocycles. The van der Waals surface area contributed by atoms with Gasteiger partial charge >= 0.3 is 0 Å². The molecule has 0 spiro atoms. The Morgan fingerprint density at radius 2 is 1.47 bits per heavy atom. The van der Waals surface area contributed by atoms with Gasteiger partial charge in [0.2, 0.25) is 0 Å². The predicted octanol–water partition coefficient (Wildman–Crippen LogP) is -6.89. The quantitative estimate of drug-likeness (QED) is 0.241. The first-order valence-electron chi connectivity index (χ1n) is 8.42. The average Bonchev–Trinajstić information content (AvgIpc) is 2.37. The molecular weight excluding hydrogens is 238 g/mol. The SMILES string of the molecule is BBBBBBBBBBBBSCC1CC(=O)C1. The molecule has 1 fully saturated rings. The van der Waals surface area contributed by atoms with Gasteiger partial charge in [-0.15, -0.1) is 0 Å². The topological polar surface area (TPSA) is 17.1 Å². The zero-order valence-electron chi connectivity index (χ0n) is 12.8. The van der Waals surface area contributed by atoms with Crippen LogP contribution in [0.15, 0.2) is 0 Å². The van der Waals surface area contributed by atoms with Gasteiger partial charge in [-0.3, -0.25) is 4.79 Å². The van der Waals surface area contributed by atoms with E-state index in [-0.39, 0.29) is 0 Å². The lowest BCUT2D eigenvalue weighted by atomic mass is 8.87. The van der Waals surface area contributed by atoms with E-state index in [2.05, 4.69) is 19.4 Å². The van der Waals surface area contributed by atoms with Gasteiger partial charge in [0.15, 0.2) is 0 Å². The monoisotopic (exact) mass is 260 g/mol. The summed E-state index contributed by atoms with van der Waals surface area (Å²) in [7, 11) is 16.5. The Labute approximate surface area is 131 Å². The number of rotatable bonds is 13. The summed E-state index contributed by atoms with van der Waals surface area (Å²) in [4.78, 5) is 10.8. The summed E-state index contributed by atoms with van der Waals surface area (Å²) in [6, 6.07) is 0. The van der Waals surface area contributed by atoms with Crippen molar-refractivity contribution in [2.75, 3.05) is 5.75 Å². The number of Topliss-reactive ketones (excluding diaryl/α,β-unsaturated/α-hetero) is 1. The summed E-state index contributed by atoms with van der Waals surface area (Å²) in [5, 5.41) is 0. The molecule has 88 valence electrons. The summed E-state index contributed by atoms with van der Waals surface area (Å²) in [6.07, 6.45) is 3.04. The van der Waals surface area contributed by atoms with Crippen molar-refractivity contribution in [3.8, 4) is 0 Å². The fraction of sp³-hybridized carbons (Fsp3) is 0.800. The molecule has 0 N–H and O–H groups in total. The predicted molar refractivity (Wildman–Crippen MR) is 117 cm³/mol. The second-order valence-corrected chi connectivity index (χ2v) is 7.22. The maximum atomic E-state index is 10.8. The smallest absolute Gasteiger partial charge is 0.146 e. The van der Waals surface area contributed by atoms with Gasteiger partial charge in [0.05, 0.1) is 14.8 Å². The van der Waals surface area contributed by atoms with Crippen LogP contribution >= 0.6 is 11.6 Å². The van der Waals surface area contributed by atoms with Crippen LogP contribution in [-0.4, -0.2) is 96.3 Å². The van der Waals surface area contributed by atoms with Crippen LogP contribution in [-0.2, 0) is 4.79 Å². The third-order valence-electron chi connectivity index (χ3n) is 4.03. The molecule has 1 aliphatic carbocycles. The minimum absolute atomic E-state index is 0.476. The van der Waals surface area contributed by atoms with Gasteiger partial charge in [0.1, 0.15) is 12.2 Å². The minimum atomic E-state index is 0.476. The third kappa shape index (κ3) is 10.2. The van der Waals surface area contributed by atoms with Crippen LogP contribution in [0.3, 0.4) is 0 Å². The van der Waals surface area contributed by atoms with Crippen molar-refractivity contribution >= 4 is 102 Å². The van der Waals surface area contributed by atoms with Crippen molar-refractivity contribution in [3.63, 3.8) is 0 Å². The maximum absolute atomic E-state index is 10.8. The number of carbonyl (C=O) groups excluding carboxylic acids is 1. The lowest BCUT2D eigenvalue weighted by Crippen LogP contribution is -2.33. The zero-order valence-corrected chi connectivity index (χ0v) is 13.6. The van der Waals surface area contributed by atoms with Gasteiger partial charge in [-0.25, -0.2) is 11.6 Å². The highest BCUT2D eigenvalue weighted by molar-refractivity contribution is 8.27. The normalized spacial score (nSPS) is 13.4. The van der Waals surface area contributed by atoms with Crippen molar-refractivity contribution in [1.29, 1.82) is 0 Å². The zero-order chi connectivity index (χ0) is 13.8. The summed E-state index contributed by atoms with van der Waals surface area (Å²) < 4.78 is 0. The molecule has 19 heavy (non-hydrogen) atoms. The Hall–Kier alpha value is 0.799. The van der Waals surface area contributed by atoms with Crippen molar-refractivity contribution in [1.82, 2.24) is 0 Å². The Bertz CT molecular complexity index is 234. The molecule has 0 atom stereocenters. The summed E-state index contributed by atoms with van der Waals surface area (Å²) in [5.74, 6) is 2.42. The third-order valence-corrected chi connectivity index (χ3v) is 5.31. The van der Waals surface area contributed by atoms with E-state index in [0.29, 0.717) is 5.78 Å². The molecule has 0 radical (unpaired) electrons. The van der Waals surface area contributed by atoms with E-state index < -0.39 is 0 Å². The van der Waals surface area contributed by atoms with E-state index in [1.165, 1.54) is 82.8 Å². The van der Waals surface area contributed by atoms with Crippen molar-refractivity contribution in [2.45, 2.75) is 12.8 Å². The molecular formula is C5H20B12OS. The van der Waals surface area contributed by atoms with E-state index in [4.69, 9.17) is 0 Å². The van der Waals surface area contributed by atoms with E-state index in [1.807, 2.05) is 0 Å². The lowest BCUT2D eigenvalue weighted by Gasteiger charge is -2.23. The van der Waals surface area contributed by atoms with E-state index in [9.17, 15) is 4.79 Å². The Kier molecular flexibility index (Phi) is 11.8. The molecule has 0 aromatic carbocycles. The first kappa shape index (κ1) is 17.8. The fourth-order valence-electron chi connectivity index (χ4n) is 2.64. The molecule has 1 saturated carbocycles. The number of hydrogen-bond donors (Lipinski definition) is 0. The van der Waals surface area contributed by atoms with Crippen LogP contribution in [0.5, 0.6) is 0 Å². The number of hydrogen-bond acceptors (Lipinski definition) is 2. The van der Waals surface area contributed by atoms with E-state index in [0.717, 1.165) is 18.8 Å². The summed E-state index contributed by atoms with van der Waals surface area (Å²) in [6.45, 7) is 0. The summed E-state index contributed by atoms with van der Waals surface area (Å²) >= 11 is 2.06. The first-order chi connectivity index (χ1) is 9.33. The van der Waals surface area contributed by atoms with Crippen LogP contribution in [0.1, 0.15) is 12.8 Å². The second-order valence-electron chi connectivity index (χ2n) is 6.07. The van der Waals surface area contributed by atoms with Crippen LogP contribution in [0.4, 0.5) is 0 Å². The van der Waals surface area contributed by atoms with Gasteiger partial charge in [0.25, 0.3) is 0 Å². The Balaban J connectivity index is 1.66. The van der Waals surface area contributed by atoms with Crippen molar-refractivity contribution in [2.24, 2.45) is 5.92 Å². The molecule has 0 aromatic rings. The van der Waals surface area contributed by atoms with Gasteiger partial charge < -0.3 is 0 Å². The molecule has 0 unspecified atom stereocenters. The molecule has 14 heteroatoms. The molecule has 0 aromatic heterocycles. The van der Waals surface area contributed by atoms with Crippen LogP contribution in [0.25, 0.3) is 0 Å².